The van der Waals surface area contributed by atoms with Crippen molar-refractivity contribution >= 4 is 38.2 Å². The minimum atomic E-state index is -3.36. The van der Waals surface area contributed by atoms with Crippen molar-refractivity contribution in [2.75, 3.05) is 23.9 Å². The molecule has 0 aliphatic carbocycles. The summed E-state index contributed by atoms with van der Waals surface area (Å²) < 4.78 is 38.3. The minimum absolute atomic E-state index is 0.233. The van der Waals surface area contributed by atoms with Crippen LogP contribution in [-0.4, -0.2) is 41.9 Å². The Labute approximate surface area is 172 Å². The van der Waals surface area contributed by atoms with Crippen molar-refractivity contribution in [2.24, 2.45) is 0 Å². The molecule has 0 unspecified atom stereocenters. The van der Waals surface area contributed by atoms with Crippen molar-refractivity contribution in [2.45, 2.75) is 11.8 Å². The number of halogens is 1. The van der Waals surface area contributed by atoms with Gasteiger partial charge in [0.15, 0.2) is 9.84 Å². The fraction of sp³-hybridized carbons (Fsp3) is 0.150. The highest BCUT2D eigenvalue weighted by molar-refractivity contribution is 7.90. The number of aromatic amines is 1. The van der Waals surface area contributed by atoms with Crippen molar-refractivity contribution in [1.82, 2.24) is 20.2 Å². The Balaban J connectivity index is 1.73. The smallest absolute Gasteiger partial charge is 0.229 e. The van der Waals surface area contributed by atoms with Crippen LogP contribution in [0.4, 0.5) is 21.8 Å². The molecule has 3 N–H and O–H groups in total. The summed E-state index contributed by atoms with van der Waals surface area (Å²) in [6.07, 6.45) is 2.70. The molecule has 4 rings (SSSR count). The van der Waals surface area contributed by atoms with Crippen molar-refractivity contribution in [1.29, 1.82) is 0 Å². The lowest BCUT2D eigenvalue weighted by atomic mass is 10.1. The van der Waals surface area contributed by atoms with Gasteiger partial charge in [-0.05, 0) is 36.8 Å². The van der Waals surface area contributed by atoms with Gasteiger partial charge in [-0.2, -0.15) is 10.1 Å². The monoisotopic (exact) mass is 426 g/mol. The van der Waals surface area contributed by atoms with E-state index in [1.807, 2.05) is 0 Å². The maximum absolute atomic E-state index is 14.4. The van der Waals surface area contributed by atoms with Crippen LogP contribution in [0.2, 0.25) is 0 Å². The van der Waals surface area contributed by atoms with Gasteiger partial charge in [0.2, 0.25) is 5.95 Å². The molecule has 0 saturated heterocycles. The Morgan fingerprint density at radius 3 is 2.70 bits per heavy atom. The quantitative estimate of drug-likeness (QED) is 0.446. The van der Waals surface area contributed by atoms with Crippen LogP contribution in [0.1, 0.15) is 5.56 Å². The molecule has 154 valence electrons. The fourth-order valence-corrected chi connectivity index (χ4v) is 4.23. The third-order valence-electron chi connectivity index (χ3n) is 4.66. The van der Waals surface area contributed by atoms with E-state index in [0.717, 1.165) is 6.26 Å². The highest BCUT2D eigenvalue weighted by Gasteiger charge is 2.18. The molecule has 8 nitrogen and oxygen atoms in total. The van der Waals surface area contributed by atoms with E-state index in [1.165, 1.54) is 18.3 Å². The van der Waals surface area contributed by atoms with Crippen LogP contribution < -0.4 is 10.6 Å². The molecule has 0 fully saturated rings. The van der Waals surface area contributed by atoms with Crippen molar-refractivity contribution in [3.63, 3.8) is 0 Å². The molecule has 0 aliphatic heterocycles. The maximum atomic E-state index is 14.4. The second kappa shape index (κ2) is 7.38. The number of anilines is 3. The number of hydrogen-bond acceptors (Lipinski definition) is 7. The lowest BCUT2D eigenvalue weighted by Crippen LogP contribution is -2.05. The van der Waals surface area contributed by atoms with Crippen molar-refractivity contribution < 1.29 is 12.8 Å². The molecular formula is C20H19FN6O2S. The lowest BCUT2D eigenvalue weighted by molar-refractivity contribution is 0.601. The molecule has 10 heteroatoms. The van der Waals surface area contributed by atoms with Gasteiger partial charge in [-0.15, -0.1) is 0 Å². The lowest BCUT2D eigenvalue weighted by Gasteiger charge is -2.11. The normalized spacial score (nSPS) is 11.6. The van der Waals surface area contributed by atoms with E-state index in [0.29, 0.717) is 39.2 Å². The number of sulfone groups is 1. The molecule has 2 heterocycles. The molecule has 0 amide bonds. The Bertz CT molecular complexity index is 1370. The predicted molar refractivity (Wildman–Crippen MR) is 114 cm³/mol. The molecular weight excluding hydrogens is 407 g/mol. The van der Waals surface area contributed by atoms with Gasteiger partial charge in [0.05, 0.1) is 21.4 Å². The average molecular weight is 426 g/mol. The van der Waals surface area contributed by atoms with Crippen LogP contribution in [0.25, 0.3) is 22.2 Å². The van der Waals surface area contributed by atoms with Crippen molar-refractivity contribution in [3.8, 4) is 11.3 Å². The molecule has 0 atom stereocenters. The van der Waals surface area contributed by atoms with E-state index >= 15 is 0 Å². The van der Waals surface area contributed by atoms with E-state index in [-0.39, 0.29) is 10.8 Å². The molecule has 0 spiro atoms. The Morgan fingerprint density at radius 2 is 1.97 bits per heavy atom. The van der Waals surface area contributed by atoms with Gasteiger partial charge in [-0.3, -0.25) is 5.10 Å². The number of nitrogens with zero attached hydrogens (tertiary/aromatic N) is 3. The molecule has 0 saturated carbocycles. The number of aromatic nitrogens is 4. The average Bonchev–Trinajstić information content (AvgIpc) is 3.14. The zero-order valence-electron chi connectivity index (χ0n) is 16.5. The van der Waals surface area contributed by atoms with E-state index in [9.17, 15) is 12.8 Å². The number of benzene rings is 2. The van der Waals surface area contributed by atoms with E-state index in [4.69, 9.17) is 0 Å². The first-order chi connectivity index (χ1) is 14.3. The standard InChI is InChI=1S/C20H19FN6O2S/c1-11-7-8-12(9-16(11)30(3,28)29)24-20-23-10-13(19(22-2)25-20)18-17-14(21)5-4-6-15(17)26-27-18/h4-10H,1-3H3,(H,26,27)(H2,22,23,24,25). The van der Waals surface area contributed by atoms with Gasteiger partial charge < -0.3 is 10.6 Å². The second-order valence-corrected chi connectivity index (χ2v) is 8.80. The van der Waals surface area contributed by atoms with Gasteiger partial charge in [-0.25, -0.2) is 17.8 Å². The first-order valence-corrected chi connectivity index (χ1v) is 10.9. The topological polar surface area (TPSA) is 113 Å². The van der Waals surface area contributed by atoms with Gasteiger partial charge in [-0.1, -0.05) is 12.1 Å². The highest BCUT2D eigenvalue weighted by Crippen LogP contribution is 2.32. The zero-order valence-corrected chi connectivity index (χ0v) is 17.3. The summed E-state index contributed by atoms with van der Waals surface area (Å²) in [5.74, 6) is 0.305. The third-order valence-corrected chi connectivity index (χ3v) is 5.90. The largest absolute Gasteiger partial charge is 0.372 e. The molecule has 0 radical (unpaired) electrons. The van der Waals surface area contributed by atoms with Crippen LogP contribution in [0, 0.1) is 12.7 Å². The summed E-state index contributed by atoms with van der Waals surface area (Å²) in [5.41, 5.74) is 2.69. The molecule has 2 aromatic heterocycles. The molecule has 0 bridgehead atoms. The van der Waals surface area contributed by atoms with E-state index in [1.54, 1.807) is 38.2 Å². The second-order valence-electron chi connectivity index (χ2n) is 6.82. The van der Waals surface area contributed by atoms with Crippen molar-refractivity contribution in [3.05, 3.63) is 54.0 Å². The maximum Gasteiger partial charge on any atom is 0.229 e. The number of hydrogen-bond donors (Lipinski definition) is 3. The number of rotatable bonds is 5. The fourth-order valence-electron chi connectivity index (χ4n) is 3.24. The third kappa shape index (κ3) is 3.57. The van der Waals surface area contributed by atoms with E-state index in [2.05, 4.69) is 30.8 Å². The Morgan fingerprint density at radius 1 is 1.17 bits per heavy atom. The summed E-state index contributed by atoms with van der Waals surface area (Å²) in [6, 6.07) is 9.71. The van der Waals surface area contributed by atoms with Crippen LogP contribution in [0.5, 0.6) is 0 Å². The summed E-state index contributed by atoms with van der Waals surface area (Å²) in [5, 5.41) is 13.4. The molecule has 2 aromatic carbocycles. The number of nitrogens with one attached hydrogen (secondary N) is 3. The SMILES string of the molecule is CNc1nc(Nc2ccc(C)c(S(C)(=O)=O)c2)ncc1-c1n[nH]c2cccc(F)c12. The summed E-state index contributed by atoms with van der Waals surface area (Å²) in [7, 11) is -1.67. The molecule has 4 aromatic rings. The summed E-state index contributed by atoms with van der Waals surface area (Å²) >= 11 is 0. The van der Waals surface area contributed by atoms with Crippen LogP contribution in [0.15, 0.2) is 47.5 Å². The zero-order chi connectivity index (χ0) is 21.5. The van der Waals surface area contributed by atoms with Gasteiger partial charge in [0.25, 0.3) is 0 Å². The van der Waals surface area contributed by atoms with Crippen LogP contribution >= 0.6 is 0 Å². The number of fused-ring (bicyclic) bond motifs is 1. The minimum Gasteiger partial charge on any atom is -0.372 e. The Kier molecular flexibility index (Phi) is 4.86. The van der Waals surface area contributed by atoms with Gasteiger partial charge in [0, 0.05) is 25.2 Å². The first kappa shape index (κ1) is 19.8. The summed E-state index contributed by atoms with van der Waals surface area (Å²) in [6.45, 7) is 1.73. The first-order valence-electron chi connectivity index (χ1n) is 9.03. The number of aryl methyl sites for hydroxylation is 1. The van der Waals surface area contributed by atoms with Crippen LogP contribution in [0.3, 0.4) is 0 Å². The highest BCUT2D eigenvalue weighted by atomic mass is 32.2. The molecule has 0 aliphatic rings. The predicted octanol–water partition coefficient (Wildman–Crippen LogP) is 3.66. The molecule has 30 heavy (non-hydrogen) atoms. The van der Waals surface area contributed by atoms with E-state index < -0.39 is 15.7 Å². The van der Waals surface area contributed by atoms with Gasteiger partial charge in [0.1, 0.15) is 17.3 Å². The Hall–Kier alpha value is -3.53. The van der Waals surface area contributed by atoms with Crippen LogP contribution in [-0.2, 0) is 9.84 Å². The number of H-pyrrole nitrogens is 1. The van der Waals surface area contributed by atoms with Gasteiger partial charge >= 0.3 is 0 Å². The summed E-state index contributed by atoms with van der Waals surface area (Å²) in [4.78, 5) is 8.97.